The van der Waals surface area contributed by atoms with E-state index in [4.69, 9.17) is 9.47 Å². The summed E-state index contributed by atoms with van der Waals surface area (Å²) in [6.07, 6.45) is 2.27. The molecule has 1 rings (SSSR count). The Morgan fingerprint density at radius 1 is 0.966 bits per heavy atom. The zero-order valence-corrected chi connectivity index (χ0v) is 19.1. The summed E-state index contributed by atoms with van der Waals surface area (Å²) in [7, 11) is 1.68. The molecule has 168 valence electrons. The number of piperidine rings is 1. The Kier molecular flexibility index (Phi) is 9.52. The Morgan fingerprint density at radius 2 is 1.59 bits per heavy atom. The predicted octanol–water partition coefficient (Wildman–Crippen LogP) is 2.47. The number of hydrogen-bond acceptors (Lipinski definition) is 5. The van der Waals surface area contributed by atoms with E-state index in [9.17, 15) is 9.59 Å². The molecule has 9 heteroatoms. The van der Waals surface area contributed by atoms with Crippen LogP contribution in [0.4, 0.5) is 9.59 Å². The fourth-order valence-corrected chi connectivity index (χ4v) is 2.87. The van der Waals surface area contributed by atoms with Gasteiger partial charge in [-0.3, -0.25) is 4.99 Å². The van der Waals surface area contributed by atoms with Crippen molar-refractivity contribution in [3.8, 4) is 0 Å². The summed E-state index contributed by atoms with van der Waals surface area (Å²) >= 11 is 0. The zero-order chi connectivity index (χ0) is 22.1. The fraction of sp³-hybridized carbons (Fsp3) is 0.850. The molecule has 9 nitrogen and oxygen atoms in total. The summed E-state index contributed by atoms with van der Waals surface area (Å²) in [5, 5.41) is 9.09. The molecule has 0 radical (unpaired) electrons. The highest BCUT2D eigenvalue weighted by molar-refractivity contribution is 5.79. The molecule has 0 saturated carbocycles. The normalized spacial score (nSPS) is 18.1. The van der Waals surface area contributed by atoms with Crippen LogP contribution < -0.4 is 16.0 Å². The number of rotatable bonds is 5. The molecule has 1 saturated heterocycles. The average molecular weight is 414 g/mol. The van der Waals surface area contributed by atoms with Gasteiger partial charge >= 0.3 is 12.2 Å². The number of likely N-dealkylation sites (tertiary alicyclic amines) is 1. The van der Waals surface area contributed by atoms with E-state index in [1.165, 1.54) is 0 Å². The molecule has 0 aromatic rings. The largest absolute Gasteiger partial charge is 0.444 e. The lowest BCUT2D eigenvalue weighted by Crippen LogP contribution is -2.52. The number of carbonyl (C=O) groups excluding carboxylic acids is 2. The first kappa shape index (κ1) is 24.8. The Bertz CT molecular complexity index is 566. The summed E-state index contributed by atoms with van der Waals surface area (Å²) in [4.78, 5) is 30.1. The third-order valence-corrected chi connectivity index (χ3v) is 4.07. The Labute approximate surface area is 175 Å². The minimum absolute atomic E-state index is 0.0528. The summed E-state index contributed by atoms with van der Waals surface area (Å²) < 4.78 is 10.7. The standard InChI is InChI=1S/C20H39N5O4/c1-19(2,3)28-17(26)23-12-11-22-16(21-7)24-14-15-10-8-9-13-25(15)18(27)29-20(4,5)6/h15H,8-14H2,1-7H3,(H,23,26)(H2,21,22,24). The van der Waals surface area contributed by atoms with Gasteiger partial charge in [0, 0.05) is 33.2 Å². The molecule has 1 atom stereocenters. The van der Waals surface area contributed by atoms with Crippen LogP contribution >= 0.6 is 0 Å². The summed E-state index contributed by atoms with van der Waals surface area (Å²) in [6, 6.07) is 0.0528. The van der Waals surface area contributed by atoms with Crippen LogP contribution in [-0.4, -0.2) is 73.5 Å². The van der Waals surface area contributed by atoms with E-state index in [0.29, 0.717) is 32.1 Å². The first-order valence-corrected chi connectivity index (χ1v) is 10.3. The number of amides is 2. The molecule has 1 aliphatic heterocycles. The molecule has 0 spiro atoms. The van der Waals surface area contributed by atoms with Crippen LogP contribution in [0.15, 0.2) is 4.99 Å². The molecule has 1 unspecified atom stereocenters. The van der Waals surface area contributed by atoms with Crippen molar-refractivity contribution in [3.05, 3.63) is 0 Å². The lowest BCUT2D eigenvalue weighted by Gasteiger charge is -2.37. The van der Waals surface area contributed by atoms with Crippen LogP contribution in [0.5, 0.6) is 0 Å². The number of ether oxygens (including phenoxy) is 2. The first-order chi connectivity index (χ1) is 13.4. The monoisotopic (exact) mass is 413 g/mol. The van der Waals surface area contributed by atoms with E-state index in [1.54, 1.807) is 11.9 Å². The minimum atomic E-state index is -0.519. The van der Waals surface area contributed by atoms with E-state index >= 15 is 0 Å². The molecular weight excluding hydrogens is 374 g/mol. The highest BCUT2D eigenvalue weighted by Crippen LogP contribution is 2.20. The average Bonchev–Trinajstić information content (AvgIpc) is 2.58. The van der Waals surface area contributed by atoms with Crippen molar-refractivity contribution in [1.29, 1.82) is 0 Å². The van der Waals surface area contributed by atoms with Crippen LogP contribution in [0.1, 0.15) is 60.8 Å². The van der Waals surface area contributed by atoms with Crippen LogP contribution in [-0.2, 0) is 9.47 Å². The molecule has 0 aliphatic carbocycles. The van der Waals surface area contributed by atoms with Crippen molar-refractivity contribution < 1.29 is 19.1 Å². The van der Waals surface area contributed by atoms with Gasteiger partial charge < -0.3 is 30.3 Å². The quantitative estimate of drug-likeness (QED) is 0.363. The minimum Gasteiger partial charge on any atom is -0.444 e. The lowest BCUT2D eigenvalue weighted by molar-refractivity contribution is 0.0104. The second-order valence-electron chi connectivity index (χ2n) is 9.13. The lowest BCUT2D eigenvalue weighted by atomic mass is 10.0. The second-order valence-corrected chi connectivity index (χ2v) is 9.13. The van der Waals surface area contributed by atoms with Crippen LogP contribution in [0, 0.1) is 0 Å². The van der Waals surface area contributed by atoms with E-state index in [0.717, 1.165) is 19.3 Å². The summed E-state index contributed by atoms with van der Waals surface area (Å²) in [5.41, 5.74) is -1.03. The van der Waals surface area contributed by atoms with Crippen molar-refractivity contribution in [1.82, 2.24) is 20.9 Å². The maximum Gasteiger partial charge on any atom is 0.410 e. The highest BCUT2D eigenvalue weighted by Gasteiger charge is 2.30. The zero-order valence-electron chi connectivity index (χ0n) is 19.1. The summed E-state index contributed by atoms with van der Waals surface area (Å²) in [6.45, 7) is 13.3. The molecule has 2 amide bonds. The number of aliphatic imine (C=N–C) groups is 1. The molecule has 1 aliphatic rings. The number of guanidine groups is 1. The van der Waals surface area contributed by atoms with Gasteiger partial charge in [0.2, 0.25) is 0 Å². The fourth-order valence-electron chi connectivity index (χ4n) is 2.87. The van der Waals surface area contributed by atoms with Crippen molar-refractivity contribution in [2.45, 2.75) is 78.0 Å². The number of alkyl carbamates (subject to hydrolysis) is 1. The van der Waals surface area contributed by atoms with Gasteiger partial charge in [0.15, 0.2) is 5.96 Å². The maximum absolute atomic E-state index is 12.5. The van der Waals surface area contributed by atoms with E-state index in [2.05, 4.69) is 20.9 Å². The Morgan fingerprint density at radius 3 is 2.17 bits per heavy atom. The SMILES string of the molecule is CN=C(NCCNC(=O)OC(C)(C)C)NCC1CCCCN1C(=O)OC(C)(C)C. The van der Waals surface area contributed by atoms with Crippen LogP contribution in [0.3, 0.4) is 0 Å². The Hall–Kier alpha value is -2.19. The van der Waals surface area contributed by atoms with Gasteiger partial charge in [0.05, 0.1) is 6.04 Å². The van der Waals surface area contributed by atoms with E-state index < -0.39 is 17.3 Å². The molecule has 1 fully saturated rings. The number of carbonyl (C=O) groups is 2. The Balaban J connectivity index is 2.41. The number of hydrogen-bond donors (Lipinski definition) is 3. The molecular formula is C20H39N5O4. The van der Waals surface area contributed by atoms with Crippen LogP contribution in [0.2, 0.25) is 0 Å². The van der Waals surface area contributed by atoms with Crippen molar-refractivity contribution in [2.24, 2.45) is 4.99 Å². The highest BCUT2D eigenvalue weighted by atomic mass is 16.6. The molecule has 3 N–H and O–H groups in total. The predicted molar refractivity (Wildman–Crippen MR) is 114 cm³/mol. The third-order valence-electron chi connectivity index (χ3n) is 4.07. The maximum atomic E-state index is 12.5. The third kappa shape index (κ3) is 10.8. The number of nitrogens with zero attached hydrogens (tertiary/aromatic N) is 2. The molecule has 29 heavy (non-hydrogen) atoms. The van der Waals surface area contributed by atoms with Gasteiger partial charge in [0.25, 0.3) is 0 Å². The molecule has 1 heterocycles. The topological polar surface area (TPSA) is 104 Å². The van der Waals surface area contributed by atoms with Crippen molar-refractivity contribution in [2.75, 3.05) is 33.2 Å². The van der Waals surface area contributed by atoms with Gasteiger partial charge in [0.1, 0.15) is 11.2 Å². The smallest absolute Gasteiger partial charge is 0.410 e. The molecule has 0 aromatic carbocycles. The van der Waals surface area contributed by atoms with Crippen molar-refractivity contribution in [3.63, 3.8) is 0 Å². The van der Waals surface area contributed by atoms with E-state index in [1.807, 2.05) is 41.5 Å². The first-order valence-electron chi connectivity index (χ1n) is 10.3. The van der Waals surface area contributed by atoms with Gasteiger partial charge in [-0.15, -0.1) is 0 Å². The van der Waals surface area contributed by atoms with Gasteiger partial charge in [-0.25, -0.2) is 9.59 Å². The number of nitrogens with one attached hydrogen (secondary N) is 3. The van der Waals surface area contributed by atoms with E-state index in [-0.39, 0.29) is 12.1 Å². The molecule has 0 aromatic heterocycles. The van der Waals surface area contributed by atoms with Crippen LogP contribution in [0.25, 0.3) is 0 Å². The van der Waals surface area contributed by atoms with Gasteiger partial charge in [-0.05, 0) is 60.8 Å². The molecule has 0 bridgehead atoms. The second kappa shape index (κ2) is 11.1. The summed E-state index contributed by atoms with van der Waals surface area (Å²) in [5.74, 6) is 0.616. The van der Waals surface area contributed by atoms with Gasteiger partial charge in [-0.2, -0.15) is 0 Å². The van der Waals surface area contributed by atoms with Crippen molar-refractivity contribution >= 4 is 18.1 Å². The van der Waals surface area contributed by atoms with Gasteiger partial charge in [-0.1, -0.05) is 0 Å².